The summed E-state index contributed by atoms with van der Waals surface area (Å²) in [6.45, 7) is 3.88. The molecule has 0 atom stereocenters. The maximum Gasteiger partial charge on any atom is 0.260 e. The van der Waals surface area contributed by atoms with E-state index in [4.69, 9.17) is 0 Å². The number of hydrogen-bond donors (Lipinski definition) is 2. The monoisotopic (exact) mass is 286 g/mol. The fraction of sp³-hybridized carbons (Fsp3) is 0.750. The van der Waals surface area contributed by atoms with Gasteiger partial charge in [-0.15, -0.1) is 0 Å². The van der Waals surface area contributed by atoms with Gasteiger partial charge in [-0.25, -0.2) is 8.42 Å². The summed E-state index contributed by atoms with van der Waals surface area (Å²) < 4.78 is 26.7. The van der Waals surface area contributed by atoms with E-state index in [1.807, 2.05) is 0 Å². The Kier molecular flexibility index (Phi) is 4.59. The number of hydrogen-bond acceptors (Lipinski definition) is 4. The molecule has 1 aromatic heterocycles. The van der Waals surface area contributed by atoms with E-state index >= 15 is 0 Å². The van der Waals surface area contributed by atoms with Crippen LogP contribution < -0.4 is 5.32 Å². The molecule has 19 heavy (non-hydrogen) atoms. The van der Waals surface area contributed by atoms with E-state index in [1.165, 1.54) is 0 Å². The van der Waals surface area contributed by atoms with Gasteiger partial charge < -0.3 is 5.32 Å². The molecule has 0 unspecified atom stereocenters. The summed E-state index contributed by atoms with van der Waals surface area (Å²) in [5.41, 5.74) is 0.695. The van der Waals surface area contributed by atoms with E-state index in [2.05, 4.69) is 22.4 Å². The van der Waals surface area contributed by atoms with Crippen molar-refractivity contribution in [3.63, 3.8) is 0 Å². The van der Waals surface area contributed by atoms with Gasteiger partial charge in [-0.3, -0.25) is 5.10 Å². The largest absolute Gasteiger partial charge is 0.316 e. The van der Waals surface area contributed by atoms with Crippen molar-refractivity contribution in [1.82, 2.24) is 19.8 Å². The predicted octanol–water partition coefficient (Wildman–Crippen LogP) is 0.940. The third kappa shape index (κ3) is 2.98. The van der Waals surface area contributed by atoms with E-state index in [0.29, 0.717) is 31.1 Å². The maximum atomic E-state index is 12.6. The number of piperidine rings is 1. The Bertz CT molecular complexity index is 504. The van der Waals surface area contributed by atoms with Crippen molar-refractivity contribution in [1.29, 1.82) is 0 Å². The summed E-state index contributed by atoms with van der Waals surface area (Å²) in [6.07, 6.45) is 4.60. The molecule has 1 aliphatic rings. The normalized spacial score (nSPS) is 18.8. The van der Waals surface area contributed by atoms with Crippen LogP contribution in [0.3, 0.4) is 0 Å². The van der Waals surface area contributed by atoms with Crippen LogP contribution >= 0.6 is 0 Å². The fourth-order valence-electron chi connectivity index (χ4n) is 2.53. The first-order chi connectivity index (χ1) is 9.09. The summed E-state index contributed by atoms with van der Waals surface area (Å²) in [4.78, 5) is 0. The Labute approximate surface area is 114 Å². The lowest BCUT2D eigenvalue weighted by Crippen LogP contribution is -2.39. The molecule has 0 amide bonds. The second kappa shape index (κ2) is 6.02. The maximum absolute atomic E-state index is 12.6. The topological polar surface area (TPSA) is 78.1 Å². The van der Waals surface area contributed by atoms with Crippen LogP contribution in [0.4, 0.5) is 0 Å². The Morgan fingerprint density at radius 3 is 2.74 bits per heavy atom. The highest BCUT2D eigenvalue weighted by Gasteiger charge is 2.31. The lowest BCUT2D eigenvalue weighted by Gasteiger charge is -2.30. The molecule has 0 saturated carbocycles. The summed E-state index contributed by atoms with van der Waals surface area (Å²) in [5.74, 6) is 0.657. The van der Waals surface area contributed by atoms with Crippen LogP contribution in [0.15, 0.2) is 11.2 Å². The van der Waals surface area contributed by atoms with Crippen LogP contribution in [0.2, 0.25) is 0 Å². The number of aromatic amines is 1. The van der Waals surface area contributed by atoms with Crippen molar-refractivity contribution in [3.05, 3.63) is 11.8 Å². The van der Waals surface area contributed by atoms with Crippen molar-refractivity contribution in [2.45, 2.75) is 37.8 Å². The highest BCUT2D eigenvalue weighted by molar-refractivity contribution is 7.89. The van der Waals surface area contributed by atoms with Crippen LogP contribution in [0.25, 0.3) is 0 Å². The second-order valence-corrected chi connectivity index (χ2v) is 6.89. The minimum Gasteiger partial charge on any atom is -0.316 e. The van der Waals surface area contributed by atoms with Gasteiger partial charge in [0.2, 0.25) is 0 Å². The van der Waals surface area contributed by atoms with E-state index in [9.17, 15) is 8.42 Å². The van der Waals surface area contributed by atoms with Crippen molar-refractivity contribution < 1.29 is 8.42 Å². The number of aromatic nitrogens is 2. The van der Waals surface area contributed by atoms with Crippen molar-refractivity contribution in [3.8, 4) is 0 Å². The van der Waals surface area contributed by atoms with E-state index in [0.717, 1.165) is 19.3 Å². The van der Waals surface area contributed by atoms with Crippen LogP contribution in [-0.2, 0) is 16.6 Å². The summed E-state index contributed by atoms with van der Waals surface area (Å²) >= 11 is 0. The van der Waals surface area contributed by atoms with Gasteiger partial charge in [-0.1, -0.05) is 13.3 Å². The molecule has 1 fully saturated rings. The first kappa shape index (κ1) is 14.5. The smallest absolute Gasteiger partial charge is 0.260 e. The van der Waals surface area contributed by atoms with Gasteiger partial charge in [0.1, 0.15) is 0 Å². The van der Waals surface area contributed by atoms with Gasteiger partial charge in [0, 0.05) is 25.2 Å². The Morgan fingerprint density at radius 2 is 2.16 bits per heavy atom. The third-order valence-corrected chi connectivity index (χ3v) is 5.71. The van der Waals surface area contributed by atoms with Gasteiger partial charge in [0.15, 0.2) is 5.03 Å². The molecular formula is C12H22N4O2S. The van der Waals surface area contributed by atoms with Gasteiger partial charge >= 0.3 is 0 Å². The summed E-state index contributed by atoms with van der Waals surface area (Å²) in [5, 5.41) is 9.69. The SMILES string of the molecule is CCC1CCN(S(=O)(=O)c2[nH]ncc2CNC)CC1. The highest BCUT2D eigenvalue weighted by atomic mass is 32.2. The van der Waals surface area contributed by atoms with Gasteiger partial charge in [0.25, 0.3) is 10.0 Å². The quantitative estimate of drug-likeness (QED) is 0.844. The number of sulfonamides is 1. The molecular weight excluding hydrogens is 264 g/mol. The zero-order chi connectivity index (χ0) is 13.9. The number of nitrogens with zero attached hydrogens (tertiary/aromatic N) is 2. The molecule has 1 saturated heterocycles. The summed E-state index contributed by atoms with van der Waals surface area (Å²) in [6, 6.07) is 0. The Hall–Kier alpha value is -0.920. The van der Waals surface area contributed by atoms with E-state index in [-0.39, 0.29) is 5.03 Å². The van der Waals surface area contributed by atoms with E-state index < -0.39 is 10.0 Å². The van der Waals surface area contributed by atoms with Crippen LogP contribution in [-0.4, -0.2) is 43.1 Å². The standard InChI is InChI=1S/C12H22N4O2S/c1-3-10-4-6-16(7-5-10)19(17,18)12-11(8-13-2)9-14-15-12/h9-10,13H,3-8H2,1-2H3,(H,14,15). The number of nitrogens with one attached hydrogen (secondary N) is 2. The highest BCUT2D eigenvalue weighted by Crippen LogP contribution is 2.25. The molecule has 0 spiro atoms. The molecule has 1 aromatic rings. The lowest BCUT2D eigenvalue weighted by molar-refractivity contribution is 0.268. The molecule has 0 radical (unpaired) electrons. The molecule has 0 bridgehead atoms. The minimum absolute atomic E-state index is 0.233. The Morgan fingerprint density at radius 1 is 1.47 bits per heavy atom. The third-order valence-electron chi connectivity index (χ3n) is 3.79. The van der Waals surface area contributed by atoms with Crippen LogP contribution in [0.1, 0.15) is 31.7 Å². The molecule has 2 rings (SSSR count). The first-order valence-corrected chi connectivity index (χ1v) is 8.20. The molecule has 6 nitrogen and oxygen atoms in total. The zero-order valence-corrected chi connectivity index (χ0v) is 12.3. The molecule has 0 aliphatic carbocycles. The van der Waals surface area contributed by atoms with Gasteiger partial charge in [-0.05, 0) is 25.8 Å². The average Bonchev–Trinajstić information content (AvgIpc) is 2.88. The molecule has 2 heterocycles. The van der Waals surface area contributed by atoms with Crippen molar-refractivity contribution in [2.24, 2.45) is 5.92 Å². The second-order valence-electron chi connectivity index (χ2n) is 5.01. The minimum atomic E-state index is -3.43. The van der Waals surface area contributed by atoms with Gasteiger partial charge in [-0.2, -0.15) is 9.40 Å². The average molecular weight is 286 g/mol. The lowest BCUT2D eigenvalue weighted by atomic mass is 9.96. The van der Waals surface area contributed by atoms with Crippen LogP contribution in [0, 0.1) is 5.92 Å². The Balaban J connectivity index is 2.16. The number of H-pyrrole nitrogens is 1. The van der Waals surface area contributed by atoms with Crippen LogP contribution in [0.5, 0.6) is 0 Å². The fourth-order valence-corrected chi connectivity index (χ4v) is 4.10. The van der Waals surface area contributed by atoms with Crippen molar-refractivity contribution >= 4 is 10.0 Å². The van der Waals surface area contributed by atoms with E-state index in [1.54, 1.807) is 17.5 Å². The zero-order valence-electron chi connectivity index (χ0n) is 11.5. The molecule has 108 valence electrons. The summed E-state index contributed by atoms with van der Waals surface area (Å²) in [7, 11) is -1.64. The predicted molar refractivity (Wildman–Crippen MR) is 73.1 cm³/mol. The first-order valence-electron chi connectivity index (χ1n) is 6.76. The number of rotatable bonds is 5. The van der Waals surface area contributed by atoms with Gasteiger partial charge in [0.05, 0.1) is 6.20 Å². The molecule has 1 aliphatic heterocycles. The molecule has 7 heteroatoms. The van der Waals surface area contributed by atoms with Crippen molar-refractivity contribution in [2.75, 3.05) is 20.1 Å². The molecule has 2 N–H and O–H groups in total. The molecule has 0 aromatic carbocycles.